The van der Waals surface area contributed by atoms with Gasteiger partial charge in [-0.05, 0) is 47.2 Å². The second kappa shape index (κ2) is 8.96. The van der Waals surface area contributed by atoms with Crippen molar-refractivity contribution in [3.63, 3.8) is 0 Å². The van der Waals surface area contributed by atoms with Crippen molar-refractivity contribution in [2.45, 2.75) is 45.4 Å². The van der Waals surface area contributed by atoms with Crippen LogP contribution in [0.1, 0.15) is 42.5 Å². The molecule has 33 heavy (non-hydrogen) atoms. The van der Waals surface area contributed by atoms with Crippen LogP contribution < -0.4 is 40.0 Å². The Morgan fingerprint density at radius 3 is 2.70 bits per heavy atom. The summed E-state index contributed by atoms with van der Waals surface area (Å²) in [6.45, 7) is 3.79. The average molecular weight is 540 g/mol. The van der Waals surface area contributed by atoms with Gasteiger partial charge in [-0.15, -0.1) is 4.52 Å². The van der Waals surface area contributed by atoms with E-state index in [2.05, 4.69) is 22.9 Å². The van der Waals surface area contributed by atoms with Gasteiger partial charge < -0.3 is 14.2 Å². The predicted molar refractivity (Wildman–Crippen MR) is 118 cm³/mol. The number of aryl methyl sites for hydroxylation is 1. The molecule has 164 valence electrons. The van der Waals surface area contributed by atoms with E-state index < -0.39 is 19.8 Å². The third-order valence-corrected chi connectivity index (χ3v) is 7.27. The maximum absolute atomic E-state index is 13.4. The Labute approximate surface area is 220 Å². The van der Waals surface area contributed by atoms with Gasteiger partial charge in [0.15, 0.2) is 0 Å². The third kappa shape index (κ3) is 3.65. The molecule has 1 aromatic carbocycles. The number of esters is 1. The first-order valence-electron chi connectivity index (χ1n) is 10.2. The van der Waals surface area contributed by atoms with Crippen molar-refractivity contribution in [1.29, 1.82) is 0 Å². The van der Waals surface area contributed by atoms with Crippen molar-refractivity contribution in [1.82, 2.24) is 9.55 Å². The summed E-state index contributed by atoms with van der Waals surface area (Å²) in [6, 6.07) is 7.51. The molecule has 3 aromatic rings. The zero-order valence-electron chi connectivity index (χ0n) is 18.3. The maximum Gasteiger partial charge on any atom is 1.00 e. The van der Waals surface area contributed by atoms with Crippen LogP contribution in [0.25, 0.3) is 22.3 Å². The number of carbonyl (C=O) groups excluding carboxylic acids is 1. The second-order valence-electron chi connectivity index (χ2n) is 7.82. The number of hydrogen-bond acceptors (Lipinski definition) is 7. The molecule has 8 nitrogen and oxygen atoms in total. The van der Waals surface area contributed by atoms with Crippen molar-refractivity contribution in [2.24, 2.45) is 0 Å². The van der Waals surface area contributed by atoms with Crippen molar-refractivity contribution >= 4 is 41.1 Å². The van der Waals surface area contributed by atoms with Gasteiger partial charge in [0.1, 0.15) is 6.61 Å². The summed E-state index contributed by atoms with van der Waals surface area (Å²) < 4.78 is 24.3. The molecular formula is C22H18BrN2NaO6P+. The van der Waals surface area contributed by atoms with E-state index >= 15 is 0 Å². The van der Waals surface area contributed by atoms with Crippen LogP contribution in [0.15, 0.2) is 33.5 Å². The number of rotatable bonds is 4. The minimum absolute atomic E-state index is 0. The molecule has 2 atom stereocenters. The van der Waals surface area contributed by atoms with Gasteiger partial charge in [-0.3, -0.25) is 4.79 Å². The summed E-state index contributed by atoms with van der Waals surface area (Å²) in [5, 5.41) is 1.01. The Hall–Kier alpha value is -1.45. The number of hydrogen-bond donors (Lipinski definition) is 0. The quantitative estimate of drug-likeness (QED) is 0.210. The molecule has 0 aliphatic carbocycles. The van der Waals surface area contributed by atoms with Crippen molar-refractivity contribution in [3.8, 4) is 11.4 Å². The van der Waals surface area contributed by atoms with Crippen molar-refractivity contribution in [2.75, 3.05) is 0 Å². The molecule has 0 bridgehead atoms. The van der Waals surface area contributed by atoms with Gasteiger partial charge in [0.25, 0.3) is 5.56 Å². The first-order valence-corrected chi connectivity index (χ1v) is 12.1. The topological polar surface area (TPSA) is 111 Å². The van der Waals surface area contributed by atoms with Gasteiger partial charge in [0.2, 0.25) is 5.60 Å². The van der Waals surface area contributed by atoms with Crippen LogP contribution in [-0.4, -0.2) is 15.5 Å². The molecule has 2 aliphatic rings. The number of halogens is 1. The molecule has 2 aromatic heterocycles. The number of fused-ring (bicyclic) bond motifs is 5. The van der Waals surface area contributed by atoms with E-state index in [1.165, 1.54) is 0 Å². The van der Waals surface area contributed by atoms with E-state index in [1.54, 1.807) is 17.6 Å². The van der Waals surface area contributed by atoms with E-state index in [-0.39, 0.29) is 59.3 Å². The number of benzene rings is 1. The number of cyclic esters (lactones) is 1. The maximum atomic E-state index is 13.4. The molecule has 1 unspecified atom stereocenters. The monoisotopic (exact) mass is 539 g/mol. The summed E-state index contributed by atoms with van der Waals surface area (Å²) in [5.41, 5.74) is 2.28. The first kappa shape index (κ1) is 24.7. The summed E-state index contributed by atoms with van der Waals surface area (Å²) in [6.07, 6.45) is 0.748. The van der Waals surface area contributed by atoms with Crippen molar-refractivity contribution < 1.29 is 53.1 Å². The molecule has 4 heterocycles. The Bertz CT molecular complexity index is 1410. The molecule has 0 radical (unpaired) electrons. The first-order chi connectivity index (χ1) is 15.3. The minimum Gasteiger partial charge on any atom is -0.566 e. The fourth-order valence-corrected chi connectivity index (χ4v) is 5.72. The fraction of sp³-hybridized carbons (Fsp3) is 0.318. The number of pyridine rings is 2. The number of ether oxygens (including phenoxy) is 1. The van der Waals surface area contributed by atoms with Gasteiger partial charge in [-0.2, -0.15) is 0 Å². The molecule has 0 amide bonds. The third-order valence-electron chi connectivity index (χ3n) is 6.32. The van der Waals surface area contributed by atoms with Crippen molar-refractivity contribution in [3.05, 3.63) is 61.3 Å². The molecule has 0 N–H and O–H groups in total. The van der Waals surface area contributed by atoms with E-state index in [4.69, 9.17) is 14.2 Å². The van der Waals surface area contributed by atoms with Gasteiger partial charge in [-0.1, -0.05) is 29.8 Å². The molecule has 2 aliphatic heterocycles. The molecular weight excluding hydrogens is 522 g/mol. The predicted octanol–water partition coefficient (Wildman–Crippen LogP) is 0.451. The number of carbonyl (C=O) groups is 1. The van der Waals surface area contributed by atoms with Gasteiger partial charge in [0.05, 0.1) is 29.0 Å². The summed E-state index contributed by atoms with van der Waals surface area (Å²) in [4.78, 5) is 42.4. The minimum atomic E-state index is -3.36. The number of nitrogens with zero attached hydrogens (tertiary/aromatic N) is 2. The standard InChI is InChI=1S/C22H18BrN2O6P.Na/c1-3-12-13-7-11(23)5-6-17(13)24-19-14(12)9-25-18(19)8-16-15(20(25)26)10-30-21(27)22(16,4-2)31-32(28)29;/h5-8H,3-4,9-10H2,1-2H3;/q;+1/t22-;/m0./s1. The van der Waals surface area contributed by atoms with E-state index in [0.29, 0.717) is 17.9 Å². The summed E-state index contributed by atoms with van der Waals surface area (Å²) >= 11 is 3.51. The van der Waals surface area contributed by atoms with E-state index in [1.807, 2.05) is 18.2 Å². The Balaban J connectivity index is 0.00000259. The SMILES string of the molecule is CCc1c2c(nc3ccc(Br)cc13)-c1cc3c(c(=O)n1C2)COC(=O)[C@@]3(CC)O[P+](=O)[O-].[Na+]. The van der Waals surface area contributed by atoms with Crippen LogP contribution >= 0.6 is 24.2 Å². The summed E-state index contributed by atoms with van der Waals surface area (Å²) in [5.74, 6) is -0.820. The largest absolute Gasteiger partial charge is 1.00 e. The number of aromatic nitrogens is 2. The second-order valence-corrected chi connectivity index (χ2v) is 9.36. The van der Waals surface area contributed by atoms with Gasteiger partial charge >= 0.3 is 43.8 Å². The molecule has 11 heteroatoms. The average Bonchev–Trinajstić information content (AvgIpc) is 3.12. The molecule has 0 fully saturated rings. The van der Waals surface area contributed by atoms with Crippen LogP contribution in [0, 0.1) is 0 Å². The fourth-order valence-electron chi connectivity index (χ4n) is 4.80. The van der Waals surface area contributed by atoms with Gasteiger partial charge in [-0.25, -0.2) is 9.78 Å². The molecule has 5 rings (SSSR count). The van der Waals surface area contributed by atoms with Crippen LogP contribution in [0.3, 0.4) is 0 Å². The van der Waals surface area contributed by atoms with Crippen LogP contribution in [-0.2, 0) is 43.8 Å². The van der Waals surface area contributed by atoms with E-state index in [9.17, 15) is 19.0 Å². The van der Waals surface area contributed by atoms with E-state index in [0.717, 1.165) is 32.9 Å². The summed E-state index contributed by atoms with van der Waals surface area (Å²) in [7, 11) is -3.36. The smallest absolute Gasteiger partial charge is 0.566 e. The molecule has 0 spiro atoms. The van der Waals surface area contributed by atoms with Crippen LogP contribution in [0.5, 0.6) is 0 Å². The Morgan fingerprint density at radius 1 is 1.27 bits per heavy atom. The van der Waals surface area contributed by atoms with Crippen LogP contribution in [0.4, 0.5) is 0 Å². The Morgan fingerprint density at radius 2 is 2.03 bits per heavy atom. The van der Waals surface area contributed by atoms with Gasteiger partial charge in [0, 0.05) is 21.0 Å². The normalized spacial score (nSPS) is 18.8. The Kier molecular flexibility index (Phi) is 6.70. The molecule has 0 saturated heterocycles. The zero-order chi connectivity index (χ0) is 22.8. The zero-order valence-corrected chi connectivity index (χ0v) is 22.8. The van der Waals surface area contributed by atoms with Crippen LogP contribution in [0.2, 0.25) is 0 Å². The molecule has 0 saturated carbocycles.